The van der Waals surface area contributed by atoms with Crippen molar-refractivity contribution in [3.8, 4) is 17.1 Å². The van der Waals surface area contributed by atoms with Crippen molar-refractivity contribution in [1.82, 2.24) is 15.5 Å². The normalized spacial score (nSPS) is 19.0. The van der Waals surface area contributed by atoms with Gasteiger partial charge in [0.1, 0.15) is 5.75 Å². The summed E-state index contributed by atoms with van der Waals surface area (Å²) in [5, 5.41) is 7.48. The minimum absolute atomic E-state index is 0.320. The van der Waals surface area contributed by atoms with Gasteiger partial charge in [-0.15, -0.1) is 0 Å². The molecule has 0 amide bonds. The third-order valence-corrected chi connectivity index (χ3v) is 3.68. The molecule has 5 nitrogen and oxygen atoms in total. The number of ether oxygens (including phenoxy) is 1. The average molecular weight is 273 g/mol. The van der Waals surface area contributed by atoms with Gasteiger partial charge in [0.2, 0.25) is 11.7 Å². The molecule has 106 valence electrons. The molecule has 2 heterocycles. The van der Waals surface area contributed by atoms with Crippen LogP contribution >= 0.6 is 0 Å². The number of rotatable bonds is 3. The lowest BCUT2D eigenvalue weighted by Crippen LogP contribution is -2.28. The predicted octanol–water partition coefficient (Wildman–Crippen LogP) is 2.52. The van der Waals surface area contributed by atoms with Crippen molar-refractivity contribution < 1.29 is 9.26 Å². The summed E-state index contributed by atoms with van der Waals surface area (Å²) >= 11 is 0. The summed E-state index contributed by atoms with van der Waals surface area (Å²) in [7, 11) is 1.65. The van der Waals surface area contributed by atoms with Crippen LogP contribution in [0.1, 0.15) is 30.2 Å². The van der Waals surface area contributed by atoms with Crippen molar-refractivity contribution in [2.24, 2.45) is 0 Å². The van der Waals surface area contributed by atoms with Crippen molar-refractivity contribution in [3.63, 3.8) is 0 Å². The molecular weight excluding hydrogens is 254 g/mol. The van der Waals surface area contributed by atoms with Gasteiger partial charge in [-0.1, -0.05) is 16.8 Å². The quantitative estimate of drug-likeness (QED) is 0.931. The van der Waals surface area contributed by atoms with E-state index < -0.39 is 0 Å². The molecule has 1 aliphatic heterocycles. The minimum atomic E-state index is 0.320. The number of methoxy groups -OCH3 is 1. The average Bonchev–Trinajstić information content (AvgIpc) is 2.98. The maximum Gasteiger partial charge on any atom is 0.231 e. The molecule has 3 rings (SSSR count). The highest BCUT2D eigenvalue weighted by atomic mass is 16.5. The Morgan fingerprint density at radius 1 is 1.40 bits per heavy atom. The molecule has 1 aromatic carbocycles. The summed E-state index contributed by atoms with van der Waals surface area (Å²) < 4.78 is 10.8. The van der Waals surface area contributed by atoms with Crippen LogP contribution in [0.25, 0.3) is 11.4 Å². The van der Waals surface area contributed by atoms with Crippen LogP contribution in [0.3, 0.4) is 0 Å². The second kappa shape index (κ2) is 5.63. The van der Waals surface area contributed by atoms with Crippen LogP contribution in [-0.4, -0.2) is 30.3 Å². The van der Waals surface area contributed by atoms with E-state index in [1.54, 1.807) is 7.11 Å². The van der Waals surface area contributed by atoms with Gasteiger partial charge in [0, 0.05) is 6.54 Å². The first-order valence-corrected chi connectivity index (χ1v) is 6.97. The molecule has 0 radical (unpaired) electrons. The highest BCUT2D eigenvalue weighted by Gasteiger charge is 2.22. The van der Waals surface area contributed by atoms with Crippen LogP contribution in [0.5, 0.6) is 5.75 Å². The molecule has 1 aliphatic rings. The Morgan fingerprint density at radius 2 is 2.30 bits per heavy atom. The molecule has 1 aromatic heterocycles. The van der Waals surface area contributed by atoms with Gasteiger partial charge in [-0.2, -0.15) is 4.98 Å². The van der Waals surface area contributed by atoms with Gasteiger partial charge in [-0.05, 0) is 38.4 Å². The summed E-state index contributed by atoms with van der Waals surface area (Å²) in [5.41, 5.74) is 2.03. The van der Waals surface area contributed by atoms with Crippen molar-refractivity contribution in [3.05, 3.63) is 29.7 Å². The standard InChI is InChI=1S/C15H19N3O2/c1-10-5-6-13(19-2)12(8-10)14-17-15(20-18-14)11-4-3-7-16-9-11/h5-6,8,11,16H,3-4,7,9H2,1-2H3. The maximum atomic E-state index is 5.44. The molecule has 0 bridgehead atoms. The maximum absolute atomic E-state index is 5.44. The molecule has 5 heteroatoms. The van der Waals surface area contributed by atoms with Crippen molar-refractivity contribution in [2.45, 2.75) is 25.7 Å². The zero-order valence-electron chi connectivity index (χ0n) is 11.8. The molecule has 1 unspecified atom stereocenters. The zero-order chi connectivity index (χ0) is 13.9. The second-order valence-corrected chi connectivity index (χ2v) is 5.20. The topological polar surface area (TPSA) is 60.2 Å². The van der Waals surface area contributed by atoms with Crippen LogP contribution in [0, 0.1) is 6.92 Å². The molecule has 1 fully saturated rings. The molecular formula is C15H19N3O2. The summed E-state index contributed by atoms with van der Waals surface area (Å²) in [4.78, 5) is 4.56. The van der Waals surface area contributed by atoms with E-state index in [4.69, 9.17) is 9.26 Å². The van der Waals surface area contributed by atoms with Crippen LogP contribution in [-0.2, 0) is 0 Å². The van der Waals surface area contributed by atoms with Gasteiger partial charge in [-0.25, -0.2) is 0 Å². The number of aryl methyl sites for hydroxylation is 1. The SMILES string of the molecule is COc1ccc(C)cc1-c1noc(C2CCCNC2)n1. The van der Waals surface area contributed by atoms with Gasteiger partial charge < -0.3 is 14.6 Å². The van der Waals surface area contributed by atoms with Gasteiger partial charge in [0.25, 0.3) is 0 Å². The van der Waals surface area contributed by atoms with E-state index in [9.17, 15) is 0 Å². The molecule has 2 aromatic rings. The Hall–Kier alpha value is -1.88. The Balaban J connectivity index is 1.91. The first-order valence-electron chi connectivity index (χ1n) is 6.97. The van der Waals surface area contributed by atoms with E-state index in [1.165, 1.54) is 0 Å². The van der Waals surface area contributed by atoms with Crippen molar-refractivity contribution >= 4 is 0 Å². The van der Waals surface area contributed by atoms with Gasteiger partial charge in [-0.3, -0.25) is 0 Å². The van der Waals surface area contributed by atoms with E-state index >= 15 is 0 Å². The van der Waals surface area contributed by atoms with E-state index in [2.05, 4.69) is 15.5 Å². The molecule has 0 saturated carbocycles. The van der Waals surface area contributed by atoms with E-state index in [0.717, 1.165) is 48.7 Å². The number of hydrogen-bond acceptors (Lipinski definition) is 5. The molecule has 0 aliphatic carbocycles. The van der Waals surface area contributed by atoms with Crippen molar-refractivity contribution in [2.75, 3.05) is 20.2 Å². The first-order chi connectivity index (χ1) is 9.78. The molecule has 1 saturated heterocycles. The summed E-state index contributed by atoms with van der Waals surface area (Å²) in [5.74, 6) is 2.41. The number of nitrogens with one attached hydrogen (secondary N) is 1. The largest absolute Gasteiger partial charge is 0.496 e. The predicted molar refractivity (Wildman–Crippen MR) is 75.9 cm³/mol. The van der Waals surface area contributed by atoms with Crippen molar-refractivity contribution in [1.29, 1.82) is 0 Å². The smallest absolute Gasteiger partial charge is 0.231 e. The van der Waals surface area contributed by atoms with Gasteiger partial charge >= 0.3 is 0 Å². The van der Waals surface area contributed by atoms with Crippen LogP contribution in [0.2, 0.25) is 0 Å². The molecule has 20 heavy (non-hydrogen) atoms. The van der Waals surface area contributed by atoms with E-state index in [0.29, 0.717) is 11.7 Å². The number of nitrogens with zero attached hydrogens (tertiary/aromatic N) is 2. The second-order valence-electron chi connectivity index (χ2n) is 5.20. The molecule has 0 spiro atoms. The van der Waals surface area contributed by atoms with Crippen LogP contribution in [0.15, 0.2) is 22.7 Å². The molecule has 1 atom stereocenters. The fourth-order valence-corrected chi connectivity index (χ4v) is 2.57. The van der Waals surface area contributed by atoms with Crippen LogP contribution < -0.4 is 10.1 Å². The van der Waals surface area contributed by atoms with E-state index in [1.807, 2.05) is 25.1 Å². The Labute approximate surface area is 118 Å². The Kier molecular flexibility index (Phi) is 3.69. The Bertz CT molecular complexity index is 589. The summed E-state index contributed by atoms with van der Waals surface area (Å²) in [6.07, 6.45) is 2.25. The lowest BCUT2D eigenvalue weighted by Gasteiger charge is -2.18. The zero-order valence-corrected chi connectivity index (χ0v) is 11.8. The molecule has 1 N–H and O–H groups in total. The number of benzene rings is 1. The summed E-state index contributed by atoms with van der Waals surface area (Å²) in [6.45, 7) is 4.02. The van der Waals surface area contributed by atoms with Gasteiger partial charge in [0.15, 0.2) is 0 Å². The lowest BCUT2D eigenvalue weighted by molar-refractivity contribution is 0.322. The third-order valence-electron chi connectivity index (χ3n) is 3.68. The highest BCUT2D eigenvalue weighted by molar-refractivity contribution is 5.64. The van der Waals surface area contributed by atoms with E-state index in [-0.39, 0.29) is 0 Å². The fraction of sp³-hybridized carbons (Fsp3) is 0.467. The highest BCUT2D eigenvalue weighted by Crippen LogP contribution is 2.30. The van der Waals surface area contributed by atoms with Gasteiger partial charge in [0.05, 0.1) is 18.6 Å². The third kappa shape index (κ3) is 2.54. The lowest BCUT2D eigenvalue weighted by atomic mass is 10.00. The van der Waals surface area contributed by atoms with Crippen LogP contribution in [0.4, 0.5) is 0 Å². The Morgan fingerprint density at radius 3 is 3.05 bits per heavy atom. The minimum Gasteiger partial charge on any atom is -0.496 e. The number of hydrogen-bond donors (Lipinski definition) is 1. The number of aromatic nitrogens is 2. The number of piperidine rings is 1. The fourth-order valence-electron chi connectivity index (χ4n) is 2.57. The monoisotopic (exact) mass is 273 g/mol. The summed E-state index contributed by atoms with van der Waals surface area (Å²) in [6, 6.07) is 5.96. The first kappa shape index (κ1) is 13.1.